The SMILES string of the molecule is CC(C)C12CCC(C(C)C)(N1)C1C(OC(=O)c3ccccc3)C(OC(=O)c3ccccc3)CC12. The monoisotopic (exact) mass is 461 g/mol. The number of esters is 2. The highest BCUT2D eigenvalue weighted by atomic mass is 16.6. The maximum Gasteiger partial charge on any atom is 0.338 e. The van der Waals surface area contributed by atoms with Crippen LogP contribution in [-0.2, 0) is 9.47 Å². The average molecular weight is 462 g/mol. The fourth-order valence-electron chi connectivity index (χ4n) is 7.16. The van der Waals surface area contributed by atoms with Crippen molar-refractivity contribution in [3.8, 4) is 0 Å². The number of hydrogen-bond donors (Lipinski definition) is 1. The molecule has 2 saturated heterocycles. The fourth-order valence-corrected chi connectivity index (χ4v) is 7.16. The maximum atomic E-state index is 13.2. The summed E-state index contributed by atoms with van der Waals surface area (Å²) in [5, 5.41) is 4.07. The largest absolute Gasteiger partial charge is 0.455 e. The second kappa shape index (κ2) is 8.53. The zero-order valence-electron chi connectivity index (χ0n) is 20.5. The highest BCUT2D eigenvalue weighted by Gasteiger charge is 2.73. The van der Waals surface area contributed by atoms with Gasteiger partial charge in [-0.25, -0.2) is 9.59 Å². The summed E-state index contributed by atoms with van der Waals surface area (Å²) in [6.07, 6.45) is 1.90. The minimum absolute atomic E-state index is 0.0275. The summed E-state index contributed by atoms with van der Waals surface area (Å²) in [6, 6.07) is 18.2. The third-order valence-electron chi connectivity index (χ3n) is 8.90. The first-order chi connectivity index (χ1) is 16.3. The van der Waals surface area contributed by atoms with E-state index in [0.29, 0.717) is 29.4 Å². The average Bonchev–Trinajstić information content (AvgIpc) is 3.50. The molecule has 2 aromatic carbocycles. The molecule has 0 radical (unpaired) electrons. The number of rotatable bonds is 6. The van der Waals surface area contributed by atoms with Crippen molar-refractivity contribution < 1.29 is 19.1 Å². The number of carbonyl (C=O) groups excluding carboxylic acids is 2. The summed E-state index contributed by atoms with van der Waals surface area (Å²) in [7, 11) is 0. The predicted octanol–water partition coefficient (Wildman–Crippen LogP) is 5.26. The van der Waals surface area contributed by atoms with E-state index in [9.17, 15) is 9.59 Å². The minimum atomic E-state index is -0.485. The minimum Gasteiger partial charge on any atom is -0.455 e. The number of fused-ring (bicyclic) bond motifs is 5. The van der Waals surface area contributed by atoms with E-state index in [0.717, 1.165) is 12.8 Å². The number of ether oxygens (including phenoxy) is 2. The molecule has 2 aliphatic heterocycles. The molecule has 2 aromatic rings. The third kappa shape index (κ3) is 3.48. The van der Waals surface area contributed by atoms with E-state index in [-0.39, 0.29) is 34.9 Å². The highest BCUT2D eigenvalue weighted by Crippen LogP contribution is 2.64. The molecule has 5 nitrogen and oxygen atoms in total. The van der Waals surface area contributed by atoms with Crippen LogP contribution >= 0.6 is 0 Å². The van der Waals surface area contributed by atoms with Crippen molar-refractivity contribution in [1.29, 1.82) is 0 Å². The molecule has 0 aromatic heterocycles. The molecular weight excluding hydrogens is 426 g/mol. The molecule has 1 N–H and O–H groups in total. The topological polar surface area (TPSA) is 64.6 Å². The molecule has 2 bridgehead atoms. The van der Waals surface area contributed by atoms with Gasteiger partial charge in [0.05, 0.1) is 11.1 Å². The molecule has 2 heterocycles. The zero-order valence-corrected chi connectivity index (χ0v) is 20.5. The second-order valence-corrected chi connectivity index (χ2v) is 10.9. The van der Waals surface area contributed by atoms with Crippen LogP contribution in [0.25, 0.3) is 0 Å². The number of carbonyl (C=O) groups is 2. The third-order valence-corrected chi connectivity index (χ3v) is 8.90. The molecule has 0 amide bonds. The van der Waals surface area contributed by atoms with Crippen molar-refractivity contribution in [3.05, 3.63) is 71.8 Å². The van der Waals surface area contributed by atoms with E-state index in [4.69, 9.17) is 9.47 Å². The molecule has 6 atom stereocenters. The van der Waals surface area contributed by atoms with Crippen LogP contribution in [-0.4, -0.2) is 35.2 Å². The van der Waals surface area contributed by atoms with Crippen molar-refractivity contribution in [1.82, 2.24) is 5.32 Å². The lowest BCUT2D eigenvalue weighted by Gasteiger charge is -2.42. The van der Waals surface area contributed by atoms with Crippen LogP contribution in [0.5, 0.6) is 0 Å². The fraction of sp³-hybridized carbons (Fsp3) is 0.517. The molecule has 5 heteroatoms. The Morgan fingerprint density at radius 1 is 0.794 bits per heavy atom. The van der Waals surface area contributed by atoms with Crippen molar-refractivity contribution in [2.45, 2.75) is 70.2 Å². The van der Waals surface area contributed by atoms with Gasteiger partial charge in [0.25, 0.3) is 0 Å². The molecule has 1 aliphatic carbocycles. The molecule has 0 spiro atoms. The Hall–Kier alpha value is -2.66. The molecule has 3 aliphatic rings. The molecule has 5 rings (SSSR count). The van der Waals surface area contributed by atoms with Crippen LogP contribution in [0.2, 0.25) is 0 Å². The molecule has 6 unspecified atom stereocenters. The quantitative estimate of drug-likeness (QED) is 0.595. The number of hydrogen-bond acceptors (Lipinski definition) is 5. The summed E-state index contributed by atoms with van der Waals surface area (Å²) < 4.78 is 12.4. The van der Waals surface area contributed by atoms with E-state index < -0.39 is 12.2 Å². The standard InChI is InChI=1S/C29H35NO4/c1-18(2)28-15-16-29(30-28,19(3)4)24-22(28)17-23(33-26(31)20-11-7-5-8-12-20)25(24)34-27(32)21-13-9-6-10-14-21/h5-14,18-19,22-25,30H,15-17H2,1-4H3. The Kier molecular flexibility index (Phi) is 5.79. The Bertz CT molecular complexity index is 1050. The van der Waals surface area contributed by atoms with Crippen molar-refractivity contribution in [3.63, 3.8) is 0 Å². The van der Waals surface area contributed by atoms with Gasteiger partial charge in [0.15, 0.2) is 0 Å². The maximum absolute atomic E-state index is 13.2. The van der Waals surface area contributed by atoms with Gasteiger partial charge in [-0.05, 0) is 61.3 Å². The van der Waals surface area contributed by atoms with Gasteiger partial charge in [-0.15, -0.1) is 0 Å². The number of nitrogens with one attached hydrogen (secondary N) is 1. The van der Waals surface area contributed by atoms with Gasteiger partial charge in [0.2, 0.25) is 0 Å². The van der Waals surface area contributed by atoms with Gasteiger partial charge >= 0.3 is 11.9 Å². The van der Waals surface area contributed by atoms with Gasteiger partial charge < -0.3 is 14.8 Å². The predicted molar refractivity (Wildman–Crippen MR) is 130 cm³/mol. The molecule has 34 heavy (non-hydrogen) atoms. The Morgan fingerprint density at radius 3 is 1.82 bits per heavy atom. The molecule has 180 valence electrons. The van der Waals surface area contributed by atoms with Gasteiger partial charge in [-0.3, -0.25) is 0 Å². The molecular formula is C29H35NO4. The second-order valence-electron chi connectivity index (χ2n) is 10.9. The van der Waals surface area contributed by atoms with Gasteiger partial charge in [-0.2, -0.15) is 0 Å². The van der Waals surface area contributed by atoms with Gasteiger partial charge in [-0.1, -0.05) is 64.1 Å². The van der Waals surface area contributed by atoms with Crippen LogP contribution in [0.15, 0.2) is 60.7 Å². The van der Waals surface area contributed by atoms with E-state index in [2.05, 4.69) is 33.0 Å². The Morgan fingerprint density at radius 2 is 1.29 bits per heavy atom. The number of benzene rings is 2. The Balaban J connectivity index is 1.51. The van der Waals surface area contributed by atoms with E-state index >= 15 is 0 Å². The van der Waals surface area contributed by atoms with E-state index in [1.807, 2.05) is 36.4 Å². The molecule has 3 fully saturated rings. The highest BCUT2D eigenvalue weighted by molar-refractivity contribution is 5.90. The van der Waals surface area contributed by atoms with Crippen LogP contribution in [0.1, 0.15) is 67.7 Å². The summed E-state index contributed by atoms with van der Waals surface area (Å²) in [5.74, 6) is 0.466. The van der Waals surface area contributed by atoms with Crippen molar-refractivity contribution in [2.75, 3.05) is 0 Å². The van der Waals surface area contributed by atoms with Gasteiger partial charge in [0, 0.05) is 17.0 Å². The van der Waals surface area contributed by atoms with Crippen LogP contribution in [0, 0.1) is 23.7 Å². The first-order valence-corrected chi connectivity index (χ1v) is 12.6. The first kappa shape index (κ1) is 23.1. The van der Waals surface area contributed by atoms with E-state index in [1.54, 1.807) is 24.3 Å². The van der Waals surface area contributed by atoms with Crippen LogP contribution in [0.4, 0.5) is 0 Å². The van der Waals surface area contributed by atoms with Crippen LogP contribution < -0.4 is 5.32 Å². The van der Waals surface area contributed by atoms with Crippen molar-refractivity contribution >= 4 is 11.9 Å². The normalized spacial score (nSPS) is 33.8. The van der Waals surface area contributed by atoms with Crippen LogP contribution in [0.3, 0.4) is 0 Å². The van der Waals surface area contributed by atoms with E-state index in [1.165, 1.54) is 0 Å². The first-order valence-electron chi connectivity index (χ1n) is 12.6. The summed E-state index contributed by atoms with van der Waals surface area (Å²) in [5.41, 5.74) is 0.878. The molecule has 1 saturated carbocycles. The smallest absolute Gasteiger partial charge is 0.338 e. The summed E-state index contributed by atoms with van der Waals surface area (Å²) in [6.45, 7) is 9.07. The summed E-state index contributed by atoms with van der Waals surface area (Å²) in [4.78, 5) is 26.3. The lowest BCUT2D eigenvalue weighted by atomic mass is 9.62. The summed E-state index contributed by atoms with van der Waals surface area (Å²) >= 11 is 0. The lowest BCUT2D eigenvalue weighted by molar-refractivity contribution is -0.0501. The zero-order chi connectivity index (χ0) is 24.1. The Labute approximate surface area is 202 Å². The van der Waals surface area contributed by atoms with Gasteiger partial charge in [0.1, 0.15) is 12.2 Å². The van der Waals surface area contributed by atoms with Crippen molar-refractivity contribution in [2.24, 2.45) is 23.7 Å². The lowest BCUT2D eigenvalue weighted by Crippen LogP contribution is -2.54.